The summed E-state index contributed by atoms with van der Waals surface area (Å²) in [6.45, 7) is 0. The highest BCUT2D eigenvalue weighted by molar-refractivity contribution is 6.29. The Morgan fingerprint density at radius 1 is 1.19 bits per heavy atom. The van der Waals surface area contributed by atoms with E-state index in [0.29, 0.717) is 17.2 Å². The Labute approximate surface area is 126 Å². The Morgan fingerprint density at radius 2 is 1.90 bits per heavy atom. The van der Waals surface area contributed by atoms with Gasteiger partial charge in [-0.2, -0.15) is 0 Å². The maximum atomic E-state index is 11.2. The number of carboxylic acid groups (broad SMARTS) is 1. The van der Waals surface area contributed by atoms with Crippen LogP contribution in [0.4, 0.5) is 11.5 Å². The predicted molar refractivity (Wildman–Crippen MR) is 79.0 cm³/mol. The Kier molecular flexibility index (Phi) is 4.49. The van der Waals surface area contributed by atoms with Gasteiger partial charge in [-0.1, -0.05) is 11.6 Å². The van der Waals surface area contributed by atoms with Gasteiger partial charge in [0.2, 0.25) is 0 Å². The summed E-state index contributed by atoms with van der Waals surface area (Å²) in [6, 6.07) is 7.90. The molecule has 0 fully saturated rings. The maximum absolute atomic E-state index is 11.2. The lowest BCUT2D eigenvalue weighted by Crippen LogP contribution is -2.05. The minimum atomic E-state index is -1.10. The molecule has 1 heterocycles. The number of carboxylic acids is 1. The van der Waals surface area contributed by atoms with Gasteiger partial charge in [0.05, 0.1) is 14.2 Å². The van der Waals surface area contributed by atoms with E-state index < -0.39 is 5.97 Å². The maximum Gasteiger partial charge on any atom is 0.339 e. The Hall–Kier alpha value is -2.47. The molecule has 21 heavy (non-hydrogen) atoms. The highest BCUT2D eigenvalue weighted by Gasteiger charge is 2.13. The van der Waals surface area contributed by atoms with Crippen molar-refractivity contribution in [2.45, 2.75) is 0 Å². The molecule has 2 N–H and O–H groups in total. The van der Waals surface area contributed by atoms with Gasteiger partial charge in [0.15, 0.2) is 11.5 Å². The van der Waals surface area contributed by atoms with Gasteiger partial charge >= 0.3 is 5.97 Å². The number of carbonyl (C=O) groups is 1. The molecule has 0 saturated heterocycles. The molecule has 0 aliphatic carbocycles. The summed E-state index contributed by atoms with van der Waals surface area (Å²) in [5.74, 6) is 0.145. The molecule has 2 rings (SSSR count). The van der Waals surface area contributed by atoms with Crippen LogP contribution in [0, 0.1) is 0 Å². The lowest BCUT2D eigenvalue weighted by molar-refractivity contribution is 0.0697. The Balaban J connectivity index is 2.38. The van der Waals surface area contributed by atoms with E-state index in [2.05, 4.69) is 10.3 Å². The zero-order chi connectivity index (χ0) is 15.4. The molecule has 0 radical (unpaired) electrons. The highest BCUT2D eigenvalue weighted by atomic mass is 35.5. The average molecular weight is 309 g/mol. The summed E-state index contributed by atoms with van der Waals surface area (Å²) in [6.07, 6.45) is 0. The molecule has 0 atom stereocenters. The van der Waals surface area contributed by atoms with Crippen molar-refractivity contribution < 1.29 is 19.4 Å². The second kappa shape index (κ2) is 6.32. The van der Waals surface area contributed by atoms with Gasteiger partial charge in [-0.25, -0.2) is 9.78 Å². The van der Waals surface area contributed by atoms with E-state index in [-0.39, 0.29) is 16.5 Å². The number of aromatic nitrogens is 1. The fourth-order valence-electron chi connectivity index (χ4n) is 1.75. The molecule has 0 unspecified atom stereocenters. The molecule has 1 aromatic heterocycles. The quantitative estimate of drug-likeness (QED) is 0.826. The molecule has 0 bridgehead atoms. The van der Waals surface area contributed by atoms with Gasteiger partial charge in [-0.3, -0.25) is 0 Å². The van der Waals surface area contributed by atoms with Gasteiger partial charge in [0.1, 0.15) is 16.5 Å². The first-order chi connectivity index (χ1) is 10.0. The third-order valence-corrected chi connectivity index (χ3v) is 2.95. The molecule has 0 amide bonds. The third-order valence-electron chi connectivity index (χ3n) is 2.74. The summed E-state index contributed by atoms with van der Waals surface area (Å²) >= 11 is 5.81. The van der Waals surface area contributed by atoms with Gasteiger partial charge in [-0.05, 0) is 24.3 Å². The first kappa shape index (κ1) is 14.9. The topological polar surface area (TPSA) is 80.7 Å². The van der Waals surface area contributed by atoms with Crippen LogP contribution in [-0.4, -0.2) is 30.3 Å². The molecule has 0 aliphatic rings. The molecule has 6 nitrogen and oxygen atoms in total. The molecule has 7 heteroatoms. The normalized spacial score (nSPS) is 10.0. The van der Waals surface area contributed by atoms with E-state index in [4.69, 9.17) is 26.2 Å². The number of hydrogen-bond acceptors (Lipinski definition) is 5. The third kappa shape index (κ3) is 3.35. The number of nitrogens with zero attached hydrogens (tertiary/aromatic N) is 1. The fraction of sp³-hybridized carbons (Fsp3) is 0.143. The summed E-state index contributed by atoms with van der Waals surface area (Å²) < 4.78 is 10.3. The van der Waals surface area contributed by atoms with Gasteiger partial charge < -0.3 is 19.9 Å². The van der Waals surface area contributed by atoms with Crippen LogP contribution in [0.15, 0.2) is 30.3 Å². The molecule has 0 aliphatic heterocycles. The van der Waals surface area contributed by atoms with Crippen molar-refractivity contribution >= 4 is 29.1 Å². The second-order valence-corrected chi connectivity index (χ2v) is 4.42. The number of methoxy groups -OCH3 is 2. The molecule has 2 aromatic rings. The fourth-order valence-corrected chi connectivity index (χ4v) is 1.90. The zero-order valence-electron chi connectivity index (χ0n) is 11.4. The minimum Gasteiger partial charge on any atom is -0.493 e. The van der Waals surface area contributed by atoms with E-state index in [0.717, 1.165) is 0 Å². The molecule has 110 valence electrons. The molecule has 0 spiro atoms. The van der Waals surface area contributed by atoms with E-state index >= 15 is 0 Å². The van der Waals surface area contributed by atoms with Crippen LogP contribution in [0.5, 0.6) is 11.5 Å². The van der Waals surface area contributed by atoms with Gasteiger partial charge in [0.25, 0.3) is 0 Å². The number of rotatable bonds is 5. The van der Waals surface area contributed by atoms with Crippen LogP contribution in [0.1, 0.15) is 10.4 Å². The number of hydrogen-bond donors (Lipinski definition) is 2. The van der Waals surface area contributed by atoms with Crippen LogP contribution in [0.2, 0.25) is 5.15 Å². The SMILES string of the molecule is COc1ccc(Nc2nc(Cl)ccc2C(=O)O)cc1OC. The van der Waals surface area contributed by atoms with Crippen LogP contribution in [0.25, 0.3) is 0 Å². The van der Waals surface area contributed by atoms with Crippen LogP contribution in [0.3, 0.4) is 0 Å². The number of halogens is 1. The monoisotopic (exact) mass is 308 g/mol. The number of pyridine rings is 1. The predicted octanol–water partition coefficient (Wildman–Crippen LogP) is 3.19. The van der Waals surface area contributed by atoms with E-state index in [1.807, 2.05) is 0 Å². The lowest BCUT2D eigenvalue weighted by atomic mass is 10.2. The molecule has 1 aromatic carbocycles. The molecular weight excluding hydrogens is 296 g/mol. The van der Waals surface area contributed by atoms with E-state index in [9.17, 15) is 4.79 Å². The van der Waals surface area contributed by atoms with Gasteiger partial charge in [0, 0.05) is 11.8 Å². The standard InChI is InChI=1S/C14H13ClN2O4/c1-20-10-5-3-8(7-11(10)21-2)16-13-9(14(18)19)4-6-12(15)17-13/h3-7H,1-2H3,(H,16,17)(H,18,19). The number of aromatic carboxylic acids is 1. The summed E-state index contributed by atoms with van der Waals surface area (Å²) in [4.78, 5) is 15.2. The second-order valence-electron chi connectivity index (χ2n) is 4.03. The van der Waals surface area contributed by atoms with Crippen LogP contribution >= 0.6 is 11.6 Å². The number of nitrogens with one attached hydrogen (secondary N) is 1. The van der Waals surface area contributed by atoms with E-state index in [1.54, 1.807) is 18.2 Å². The van der Waals surface area contributed by atoms with Gasteiger partial charge in [-0.15, -0.1) is 0 Å². The summed E-state index contributed by atoms with van der Waals surface area (Å²) in [7, 11) is 3.05. The first-order valence-corrected chi connectivity index (χ1v) is 6.32. The smallest absolute Gasteiger partial charge is 0.339 e. The first-order valence-electron chi connectivity index (χ1n) is 5.94. The Morgan fingerprint density at radius 3 is 2.52 bits per heavy atom. The number of anilines is 2. The van der Waals surface area contributed by atoms with E-state index in [1.165, 1.54) is 26.4 Å². The van der Waals surface area contributed by atoms with Crippen molar-refractivity contribution in [3.05, 3.63) is 41.0 Å². The molecular formula is C14H13ClN2O4. The molecule has 0 saturated carbocycles. The largest absolute Gasteiger partial charge is 0.493 e. The van der Waals surface area contributed by atoms with Crippen molar-refractivity contribution in [2.75, 3.05) is 19.5 Å². The van der Waals surface area contributed by atoms with Crippen LogP contribution in [-0.2, 0) is 0 Å². The van der Waals surface area contributed by atoms with Crippen molar-refractivity contribution in [1.82, 2.24) is 4.98 Å². The zero-order valence-corrected chi connectivity index (χ0v) is 12.1. The minimum absolute atomic E-state index is 0.0224. The van der Waals surface area contributed by atoms with Crippen molar-refractivity contribution in [3.63, 3.8) is 0 Å². The number of ether oxygens (including phenoxy) is 2. The summed E-state index contributed by atoms with van der Waals surface area (Å²) in [5, 5.41) is 12.3. The Bertz CT molecular complexity index is 676. The van der Waals surface area contributed by atoms with Crippen LogP contribution < -0.4 is 14.8 Å². The average Bonchev–Trinajstić information content (AvgIpc) is 2.46. The van der Waals surface area contributed by atoms with Crippen molar-refractivity contribution in [3.8, 4) is 11.5 Å². The van der Waals surface area contributed by atoms with Crippen molar-refractivity contribution in [2.24, 2.45) is 0 Å². The lowest BCUT2D eigenvalue weighted by Gasteiger charge is -2.12. The summed E-state index contributed by atoms with van der Waals surface area (Å²) in [5.41, 5.74) is 0.624. The number of benzene rings is 1. The highest BCUT2D eigenvalue weighted by Crippen LogP contribution is 2.31. The van der Waals surface area contributed by atoms with Crippen molar-refractivity contribution in [1.29, 1.82) is 0 Å².